The smallest absolute Gasteiger partial charge is 0.272 e. The van der Waals surface area contributed by atoms with Gasteiger partial charge >= 0.3 is 0 Å². The molecule has 27 heavy (non-hydrogen) atoms. The van der Waals surface area contributed by atoms with Gasteiger partial charge in [-0.05, 0) is 40.2 Å². The summed E-state index contributed by atoms with van der Waals surface area (Å²) in [7, 11) is 0. The topological polar surface area (TPSA) is 75.2 Å². The second-order valence-corrected chi connectivity index (χ2v) is 10.1. The van der Waals surface area contributed by atoms with E-state index in [1.54, 1.807) is 6.92 Å². The Morgan fingerprint density at radius 1 is 1.15 bits per heavy atom. The molecule has 0 saturated carbocycles. The van der Waals surface area contributed by atoms with Gasteiger partial charge in [0.25, 0.3) is 9.70 Å². The Balaban J connectivity index is 1.81. The predicted octanol–water partition coefficient (Wildman–Crippen LogP) is 2.82. The monoisotopic (exact) mass is 443 g/mol. The molecule has 7 nitrogen and oxygen atoms in total. The Morgan fingerprint density at radius 3 is 2.37 bits per heavy atom. The molecule has 0 spiro atoms. The zero-order valence-electron chi connectivity index (χ0n) is 15.8. The van der Waals surface area contributed by atoms with Crippen LogP contribution in [-0.4, -0.2) is 58.5 Å². The first-order valence-corrected chi connectivity index (χ1v) is 9.83. The van der Waals surface area contributed by atoms with Crippen molar-refractivity contribution in [3.8, 4) is 0 Å². The van der Waals surface area contributed by atoms with E-state index in [1.807, 2.05) is 33.8 Å². The third kappa shape index (κ3) is 4.90. The molecule has 0 aromatic rings. The Kier molecular flexibility index (Phi) is 5.83. The SMILES string of the molecule is C[C@@H](/C=C1\[C@H]2OC(C)(C)O[C@H]2O[C@@H]1[C@H]1COC(C)(C)O1)NC(=O)C(Cl)(Cl)Cl. The second kappa shape index (κ2) is 7.29. The molecule has 0 aliphatic carbocycles. The lowest BCUT2D eigenvalue weighted by atomic mass is 9.99. The summed E-state index contributed by atoms with van der Waals surface area (Å²) in [5, 5.41) is 2.64. The Labute approximate surface area is 173 Å². The van der Waals surface area contributed by atoms with Gasteiger partial charge in [0.05, 0.1) is 6.61 Å². The van der Waals surface area contributed by atoms with Crippen molar-refractivity contribution in [3.63, 3.8) is 0 Å². The van der Waals surface area contributed by atoms with Crippen molar-refractivity contribution < 1.29 is 28.5 Å². The largest absolute Gasteiger partial charge is 0.348 e. The number of alkyl halides is 3. The number of nitrogens with one attached hydrogen (secondary N) is 1. The molecule has 3 saturated heterocycles. The van der Waals surface area contributed by atoms with E-state index in [4.69, 9.17) is 58.5 Å². The van der Waals surface area contributed by atoms with Crippen molar-refractivity contribution in [3.05, 3.63) is 11.6 Å². The highest BCUT2D eigenvalue weighted by atomic mass is 35.6. The van der Waals surface area contributed by atoms with E-state index in [2.05, 4.69) is 5.32 Å². The highest BCUT2D eigenvalue weighted by Gasteiger charge is 2.55. The van der Waals surface area contributed by atoms with Crippen LogP contribution < -0.4 is 5.32 Å². The van der Waals surface area contributed by atoms with E-state index >= 15 is 0 Å². The maximum Gasteiger partial charge on any atom is 0.272 e. The van der Waals surface area contributed by atoms with Gasteiger partial charge in [-0.3, -0.25) is 4.79 Å². The Bertz CT molecular complexity index is 633. The molecule has 3 aliphatic heterocycles. The molecule has 3 fully saturated rings. The lowest BCUT2D eigenvalue weighted by Crippen LogP contribution is -2.40. The average molecular weight is 445 g/mol. The molecule has 10 heteroatoms. The zero-order chi connectivity index (χ0) is 20.2. The average Bonchev–Trinajstić information content (AvgIpc) is 3.09. The fourth-order valence-corrected chi connectivity index (χ4v) is 3.58. The summed E-state index contributed by atoms with van der Waals surface area (Å²) < 4.78 is 27.5. The van der Waals surface area contributed by atoms with Crippen molar-refractivity contribution >= 4 is 40.7 Å². The standard InChI is InChI=1S/C17H24Cl3NO6/c1-8(21-14(22)17(18,19)20)6-9-11(10-7-23-15(2,3)25-10)24-13-12(9)26-16(4,5)27-13/h6,8,10-13H,7H2,1-5H3,(H,21,22)/b9-6-/t8-,10+,11-,12+,13+/m0/s1. The van der Waals surface area contributed by atoms with Crippen LogP contribution in [0.2, 0.25) is 0 Å². The lowest BCUT2D eigenvalue weighted by molar-refractivity contribution is -0.215. The molecule has 0 bridgehead atoms. The van der Waals surface area contributed by atoms with Crippen LogP contribution in [0.5, 0.6) is 0 Å². The zero-order valence-corrected chi connectivity index (χ0v) is 18.0. The summed E-state index contributed by atoms with van der Waals surface area (Å²) in [5.41, 5.74) is 0.800. The van der Waals surface area contributed by atoms with Crippen LogP contribution in [-0.2, 0) is 28.5 Å². The fourth-order valence-electron chi connectivity index (χ4n) is 3.42. The maximum atomic E-state index is 11.9. The van der Waals surface area contributed by atoms with E-state index in [1.165, 1.54) is 0 Å². The van der Waals surface area contributed by atoms with E-state index in [-0.39, 0.29) is 6.10 Å². The van der Waals surface area contributed by atoms with Gasteiger partial charge in [0.2, 0.25) is 0 Å². The number of amides is 1. The lowest BCUT2D eigenvalue weighted by Gasteiger charge is -2.26. The molecular formula is C17H24Cl3NO6. The molecular weight excluding hydrogens is 421 g/mol. The van der Waals surface area contributed by atoms with Gasteiger partial charge in [0.1, 0.15) is 18.3 Å². The molecule has 1 amide bonds. The van der Waals surface area contributed by atoms with Crippen molar-refractivity contribution in [1.82, 2.24) is 5.32 Å². The molecule has 154 valence electrons. The summed E-state index contributed by atoms with van der Waals surface area (Å²) in [5.74, 6) is -2.20. The van der Waals surface area contributed by atoms with Gasteiger partial charge in [-0.15, -0.1) is 0 Å². The van der Waals surface area contributed by atoms with Crippen LogP contribution in [0.25, 0.3) is 0 Å². The molecule has 3 aliphatic rings. The highest BCUT2D eigenvalue weighted by molar-refractivity contribution is 6.76. The highest BCUT2D eigenvalue weighted by Crippen LogP contribution is 2.43. The maximum absolute atomic E-state index is 11.9. The second-order valence-electron chi connectivity index (χ2n) is 7.77. The summed E-state index contributed by atoms with van der Waals surface area (Å²) in [6.07, 6.45) is 0.0561. The first-order chi connectivity index (χ1) is 12.3. The first kappa shape index (κ1) is 21.6. The Hall–Kier alpha value is -0.120. The van der Waals surface area contributed by atoms with Gasteiger partial charge in [0, 0.05) is 6.04 Å². The first-order valence-electron chi connectivity index (χ1n) is 8.70. The minimum Gasteiger partial charge on any atom is -0.348 e. The summed E-state index contributed by atoms with van der Waals surface area (Å²) in [6, 6.07) is -0.435. The molecule has 1 N–H and O–H groups in total. The number of carbonyl (C=O) groups excluding carboxylic acids is 1. The Morgan fingerprint density at radius 2 is 1.81 bits per heavy atom. The van der Waals surface area contributed by atoms with Crippen LogP contribution in [0.1, 0.15) is 34.6 Å². The number of fused-ring (bicyclic) bond motifs is 1. The van der Waals surface area contributed by atoms with Crippen molar-refractivity contribution in [2.75, 3.05) is 6.61 Å². The van der Waals surface area contributed by atoms with Gasteiger partial charge in [-0.25, -0.2) is 0 Å². The van der Waals surface area contributed by atoms with Crippen LogP contribution in [0.3, 0.4) is 0 Å². The molecule has 5 atom stereocenters. The molecule has 0 radical (unpaired) electrons. The summed E-state index contributed by atoms with van der Waals surface area (Å²) in [6.45, 7) is 9.44. The summed E-state index contributed by atoms with van der Waals surface area (Å²) >= 11 is 16.9. The number of halogens is 3. The molecule has 0 unspecified atom stereocenters. The number of hydrogen-bond donors (Lipinski definition) is 1. The molecule has 3 rings (SSSR count). The van der Waals surface area contributed by atoms with Gasteiger partial charge in [-0.1, -0.05) is 40.9 Å². The van der Waals surface area contributed by atoms with Crippen molar-refractivity contribution in [1.29, 1.82) is 0 Å². The van der Waals surface area contributed by atoms with Crippen LogP contribution >= 0.6 is 34.8 Å². The third-order valence-corrected chi connectivity index (χ3v) is 4.94. The minimum atomic E-state index is -2.04. The molecule has 0 aromatic carbocycles. The minimum absolute atomic E-state index is 0.330. The van der Waals surface area contributed by atoms with Crippen molar-refractivity contribution in [2.24, 2.45) is 0 Å². The quantitative estimate of drug-likeness (QED) is 0.533. The third-order valence-electron chi connectivity index (χ3n) is 4.42. The van der Waals surface area contributed by atoms with Crippen LogP contribution in [0.4, 0.5) is 0 Å². The van der Waals surface area contributed by atoms with Gasteiger partial charge in [-0.2, -0.15) is 0 Å². The summed E-state index contributed by atoms with van der Waals surface area (Å²) in [4.78, 5) is 11.9. The van der Waals surface area contributed by atoms with Crippen LogP contribution in [0.15, 0.2) is 11.6 Å². The van der Waals surface area contributed by atoms with E-state index in [0.717, 1.165) is 5.57 Å². The predicted molar refractivity (Wildman–Crippen MR) is 99.6 cm³/mol. The van der Waals surface area contributed by atoms with E-state index < -0.39 is 45.8 Å². The van der Waals surface area contributed by atoms with Crippen LogP contribution in [0, 0.1) is 0 Å². The van der Waals surface area contributed by atoms with Gasteiger partial charge in [0.15, 0.2) is 17.9 Å². The number of rotatable bonds is 3. The van der Waals surface area contributed by atoms with Crippen molar-refractivity contribution in [2.45, 2.75) is 80.6 Å². The number of carbonyl (C=O) groups is 1. The van der Waals surface area contributed by atoms with E-state index in [0.29, 0.717) is 6.61 Å². The molecule has 3 heterocycles. The van der Waals surface area contributed by atoms with E-state index in [9.17, 15) is 4.79 Å². The molecule has 0 aromatic heterocycles. The van der Waals surface area contributed by atoms with Gasteiger partial charge < -0.3 is 29.0 Å². The number of ether oxygens (including phenoxy) is 5. The fraction of sp³-hybridized carbons (Fsp3) is 0.824. The normalized spacial score (nSPS) is 37.4. The number of hydrogen-bond acceptors (Lipinski definition) is 6.